The summed E-state index contributed by atoms with van der Waals surface area (Å²) in [5, 5.41) is 9.82. The molecule has 198 valence electrons. The smallest absolute Gasteiger partial charge is 0.408 e. The van der Waals surface area contributed by atoms with Crippen LogP contribution in [-0.4, -0.2) is 65.7 Å². The van der Waals surface area contributed by atoms with Gasteiger partial charge in [-0.05, 0) is 29.7 Å². The molecule has 2 heterocycles. The summed E-state index contributed by atoms with van der Waals surface area (Å²) in [5.74, 6) is -0.794. The Morgan fingerprint density at radius 1 is 1.08 bits per heavy atom. The molecular formula is C27H36N6O4. The van der Waals surface area contributed by atoms with Crippen molar-refractivity contribution in [1.29, 1.82) is 0 Å². The molecule has 2 N–H and O–H groups in total. The van der Waals surface area contributed by atoms with Crippen LogP contribution in [-0.2, 0) is 29.7 Å². The van der Waals surface area contributed by atoms with Gasteiger partial charge in [-0.3, -0.25) is 19.2 Å². The summed E-state index contributed by atoms with van der Waals surface area (Å²) < 4.78 is 6.83. The maximum atomic E-state index is 13.4. The third kappa shape index (κ3) is 6.03. The number of hydrogen-bond donors (Lipinski definition) is 2. The minimum atomic E-state index is -0.460. The third-order valence-electron chi connectivity index (χ3n) is 6.72. The number of aromatic nitrogens is 1. The van der Waals surface area contributed by atoms with Gasteiger partial charge < -0.3 is 20.0 Å². The number of benzene rings is 2. The number of hydrogen-bond acceptors (Lipinski definition) is 7. The molecule has 0 aliphatic carbocycles. The minimum absolute atomic E-state index is 0.00903. The van der Waals surface area contributed by atoms with Gasteiger partial charge in [-0.15, -0.1) is 0 Å². The Morgan fingerprint density at radius 2 is 1.76 bits per heavy atom. The molecule has 0 saturated heterocycles. The average Bonchev–Trinajstić information content (AvgIpc) is 3.41. The standard InChI is InChI=1S/C27H36N6O4/c1-18(2)28-10-11-29-25(34)16-32(22-13-24-23(12-19(22)3)30(4)27(36)37-24)17-26(35)31(5)33-14-20-8-6-7-9-21(20)15-33/h6-9,12-13,18,28H,10-11,14-17H2,1-5H3,(H,29,34). The highest BCUT2D eigenvalue weighted by molar-refractivity contribution is 5.89. The Bertz CT molecular complexity index is 1320. The molecule has 0 fully saturated rings. The fraction of sp³-hybridized carbons (Fsp3) is 0.444. The van der Waals surface area contributed by atoms with Crippen molar-refractivity contribution in [3.63, 3.8) is 0 Å². The first-order chi connectivity index (χ1) is 17.6. The molecule has 4 rings (SSSR count). The van der Waals surface area contributed by atoms with Gasteiger partial charge in [-0.25, -0.2) is 9.80 Å². The molecular weight excluding hydrogens is 472 g/mol. The molecule has 2 amide bonds. The second-order valence-electron chi connectivity index (χ2n) is 9.86. The number of fused-ring (bicyclic) bond motifs is 2. The molecule has 0 atom stereocenters. The SMILES string of the molecule is Cc1cc2c(cc1N(CC(=O)NCCNC(C)C)CC(=O)N(C)N1Cc3ccccc3C1)oc(=O)n2C. The van der Waals surface area contributed by atoms with Crippen LogP contribution in [0.15, 0.2) is 45.6 Å². The number of anilines is 1. The Hall–Kier alpha value is -3.63. The van der Waals surface area contributed by atoms with Crippen molar-refractivity contribution < 1.29 is 14.0 Å². The normalized spacial score (nSPS) is 13.2. The first-order valence-electron chi connectivity index (χ1n) is 12.6. The highest BCUT2D eigenvalue weighted by Gasteiger charge is 2.27. The van der Waals surface area contributed by atoms with Gasteiger partial charge in [0.2, 0.25) is 5.91 Å². The molecule has 0 saturated carbocycles. The first-order valence-corrected chi connectivity index (χ1v) is 12.6. The number of carbonyl (C=O) groups excluding carboxylic acids is 2. The van der Waals surface area contributed by atoms with E-state index in [1.54, 1.807) is 30.1 Å². The Balaban J connectivity index is 1.53. The number of likely N-dealkylation sites (N-methyl/N-ethyl adjacent to an activating group) is 1. The summed E-state index contributed by atoms with van der Waals surface area (Å²) in [4.78, 5) is 40.1. The highest BCUT2D eigenvalue weighted by atomic mass is 16.4. The zero-order valence-electron chi connectivity index (χ0n) is 22.2. The molecule has 0 spiro atoms. The maximum absolute atomic E-state index is 13.4. The van der Waals surface area contributed by atoms with Crippen molar-refractivity contribution in [1.82, 2.24) is 25.2 Å². The zero-order valence-corrected chi connectivity index (χ0v) is 22.2. The lowest BCUT2D eigenvalue weighted by Crippen LogP contribution is -2.48. The van der Waals surface area contributed by atoms with Crippen LogP contribution in [0.1, 0.15) is 30.5 Å². The fourth-order valence-corrected chi connectivity index (χ4v) is 4.58. The molecule has 0 radical (unpaired) electrons. The lowest BCUT2D eigenvalue weighted by molar-refractivity contribution is -0.145. The minimum Gasteiger partial charge on any atom is -0.408 e. The van der Waals surface area contributed by atoms with Crippen LogP contribution >= 0.6 is 0 Å². The van der Waals surface area contributed by atoms with Gasteiger partial charge in [0.05, 0.1) is 18.6 Å². The summed E-state index contributed by atoms with van der Waals surface area (Å²) in [6, 6.07) is 12.1. The molecule has 1 aromatic heterocycles. The van der Waals surface area contributed by atoms with E-state index >= 15 is 0 Å². The molecule has 10 heteroatoms. The molecule has 37 heavy (non-hydrogen) atoms. The van der Waals surface area contributed by atoms with Crippen LogP contribution in [0.5, 0.6) is 0 Å². The van der Waals surface area contributed by atoms with E-state index in [1.165, 1.54) is 15.7 Å². The molecule has 1 aliphatic rings. The predicted octanol–water partition coefficient (Wildman–Crippen LogP) is 1.75. The van der Waals surface area contributed by atoms with Crippen molar-refractivity contribution in [3.05, 3.63) is 63.6 Å². The molecule has 10 nitrogen and oxygen atoms in total. The van der Waals surface area contributed by atoms with Crippen LogP contribution in [0.4, 0.5) is 5.69 Å². The van der Waals surface area contributed by atoms with E-state index in [1.807, 2.05) is 44.0 Å². The van der Waals surface area contributed by atoms with E-state index in [2.05, 4.69) is 22.8 Å². The summed E-state index contributed by atoms with van der Waals surface area (Å²) in [7, 11) is 3.41. The summed E-state index contributed by atoms with van der Waals surface area (Å²) in [6.45, 7) is 8.42. The van der Waals surface area contributed by atoms with Gasteiger partial charge in [-0.1, -0.05) is 38.1 Å². The quantitative estimate of drug-likeness (QED) is 0.402. The Kier molecular flexibility index (Phi) is 7.99. The van der Waals surface area contributed by atoms with Gasteiger partial charge >= 0.3 is 5.76 Å². The van der Waals surface area contributed by atoms with Gasteiger partial charge in [0.25, 0.3) is 5.91 Å². The molecule has 0 unspecified atom stereocenters. The van der Waals surface area contributed by atoms with E-state index in [-0.39, 0.29) is 24.9 Å². The maximum Gasteiger partial charge on any atom is 0.419 e. The molecule has 1 aliphatic heterocycles. The lowest BCUT2D eigenvalue weighted by Gasteiger charge is -2.32. The van der Waals surface area contributed by atoms with E-state index in [0.717, 1.165) is 5.56 Å². The van der Waals surface area contributed by atoms with Gasteiger partial charge in [0, 0.05) is 58.1 Å². The highest BCUT2D eigenvalue weighted by Crippen LogP contribution is 2.27. The summed E-state index contributed by atoms with van der Waals surface area (Å²) in [6.07, 6.45) is 0. The largest absolute Gasteiger partial charge is 0.419 e. The second-order valence-corrected chi connectivity index (χ2v) is 9.86. The van der Waals surface area contributed by atoms with Crippen LogP contribution in [0, 0.1) is 6.92 Å². The number of carbonyl (C=O) groups is 2. The Labute approximate surface area is 216 Å². The van der Waals surface area contributed by atoms with Crippen molar-refractivity contribution in [2.24, 2.45) is 7.05 Å². The predicted molar refractivity (Wildman–Crippen MR) is 143 cm³/mol. The van der Waals surface area contributed by atoms with E-state index in [0.29, 0.717) is 49.0 Å². The number of nitrogens with zero attached hydrogens (tertiary/aromatic N) is 4. The topological polar surface area (TPSA) is 103 Å². The number of aryl methyl sites for hydroxylation is 2. The first kappa shape index (κ1) is 26.4. The van der Waals surface area contributed by atoms with Crippen molar-refractivity contribution in [3.8, 4) is 0 Å². The van der Waals surface area contributed by atoms with Crippen molar-refractivity contribution >= 4 is 28.6 Å². The lowest BCUT2D eigenvalue weighted by atomic mass is 10.1. The van der Waals surface area contributed by atoms with Crippen LogP contribution < -0.4 is 21.3 Å². The third-order valence-corrected chi connectivity index (χ3v) is 6.72. The van der Waals surface area contributed by atoms with Crippen LogP contribution in [0.3, 0.4) is 0 Å². The van der Waals surface area contributed by atoms with Gasteiger partial charge in [-0.2, -0.15) is 0 Å². The number of rotatable bonds is 10. The molecule has 3 aromatic rings. The van der Waals surface area contributed by atoms with Gasteiger partial charge in [0.1, 0.15) is 0 Å². The second kappa shape index (κ2) is 11.2. The van der Waals surface area contributed by atoms with Crippen molar-refractivity contribution in [2.45, 2.75) is 39.9 Å². The average molecular weight is 509 g/mol. The fourth-order valence-electron chi connectivity index (χ4n) is 4.58. The number of nitrogens with one attached hydrogen (secondary N) is 2. The van der Waals surface area contributed by atoms with E-state index < -0.39 is 5.76 Å². The number of hydrazine groups is 1. The molecule has 2 aromatic carbocycles. The molecule has 0 bridgehead atoms. The number of oxazole rings is 1. The monoisotopic (exact) mass is 508 g/mol. The zero-order chi connectivity index (χ0) is 26.7. The van der Waals surface area contributed by atoms with E-state index in [9.17, 15) is 14.4 Å². The van der Waals surface area contributed by atoms with Gasteiger partial charge in [0.15, 0.2) is 5.58 Å². The Morgan fingerprint density at radius 3 is 2.41 bits per heavy atom. The van der Waals surface area contributed by atoms with Crippen LogP contribution in [0.25, 0.3) is 11.1 Å². The van der Waals surface area contributed by atoms with Crippen molar-refractivity contribution in [2.75, 3.05) is 38.1 Å². The summed E-state index contributed by atoms with van der Waals surface area (Å²) >= 11 is 0. The van der Waals surface area contributed by atoms with E-state index in [4.69, 9.17) is 4.42 Å². The summed E-state index contributed by atoms with van der Waals surface area (Å²) in [5.41, 5.74) is 4.98. The van der Waals surface area contributed by atoms with Crippen LogP contribution in [0.2, 0.25) is 0 Å². The number of amides is 2.